The number of anilines is 2. The van der Waals surface area contributed by atoms with Gasteiger partial charge >= 0.3 is 0 Å². The first-order chi connectivity index (χ1) is 7.50. The second-order valence-electron chi connectivity index (χ2n) is 4.28. The van der Waals surface area contributed by atoms with Gasteiger partial charge in [-0.1, -0.05) is 11.6 Å². The van der Waals surface area contributed by atoms with Crippen molar-refractivity contribution in [1.29, 1.82) is 0 Å². The van der Waals surface area contributed by atoms with E-state index in [1.807, 2.05) is 12.1 Å². The molecule has 16 heavy (non-hydrogen) atoms. The molecule has 0 saturated heterocycles. The Morgan fingerprint density at radius 2 is 1.88 bits per heavy atom. The fraction of sp³-hybridized carbons (Fsp3) is 0.500. The van der Waals surface area contributed by atoms with Crippen molar-refractivity contribution in [3.63, 3.8) is 0 Å². The van der Waals surface area contributed by atoms with Crippen LogP contribution >= 0.6 is 11.6 Å². The van der Waals surface area contributed by atoms with E-state index < -0.39 is 0 Å². The molecule has 4 heteroatoms. The summed E-state index contributed by atoms with van der Waals surface area (Å²) in [6, 6.07) is 5.63. The Bertz CT molecular complexity index is 339. The highest BCUT2D eigenvalue weighted by Gasteiger charge is 2.05. The molecule has 1 rings (SSSR count). The van der Waals surface area contributed by atoms with Crippen molar-refractivity contribution in [3.05, 3.63) is 23.2 Å². The average Bonchev–Trinajstić information content (AvgIpc) is 2.16. The number of benzene rings is 1. The second kappa shape index (κ2) is 5.97. The standard InChI is InChI=1S/C12H20ClN3/c1-15(2)7-4-8-16(3)12-6-5-10(13)9-11(12)14/h5-6,9H,4,7-8,14H2,1-3H3. The molecule has 0 heterocycles. The highest BCUT2D eigenvalue weighted by molar-refractivity contribution is 6.31. The Labute approximate surface area is 103 Å². The maximum Gasteiger partial charge on any atom is 0.0598 e. The molecule has 1 aromatic rings. The van der Waals surface area contributed by atoms with Gasteiger partial charge in [0.05, 0.1) is 11.4 Å². The van der Waals surface area contributed by atoms with Crippen LogP contribution < -0.4 is 10.6 Å². The third kappa shape index (κ3) is 3.91. The van der Waals surface area contributed by atoms with Gasteiger partial charge in [0.1, 0.15) is 0 Å². The Kier molecular flexibility index (Phi) is 4.90. The number of hydrogen-bond donors (Lipinski definition) is 1. The summed E-state index contributed by atoms with van der Waals surface area (Å²) in [4.78, 5) is 4.34. The van der Waals surface area contributed by atoms with Gasteiger partial charge in [0.25, 0.3) is 0 Å². The van der Waals surface area contributed by atoms with Crippen molar-refractivity contribution in [2.75, 3.05) is 44.9 Å². The molecule has 0 aromatic heterocycles. The molecule has 0 aliphatic carbocycles. The van der Waals surface area contributed by atoms with Crippen LogP contribution in [-0.2, 0) is 0 Å². The minimum atomic E-state index is 0.683. The second-order valence-corrected chi connectivity index (χ2v) is 4.72. The molecule has 0 amide bonds. The number of nitrogen functional groups attached to an aromatic ring is 1. The third-order valence-corrected chi connectivity index (χ3v) is 2.73. The van der Waals surface area contributed by atoms with Crippen LogP contribution in [-0.4, -0.2) is 39.1 Å². The van der Waals surface area contributed by atoms with E-state index in [2.05, 4.69) is 30.9 Å². The van der Waals surface area contributed by atoms with Gasteiger partial charge in [0.15, 0.2) is 0 Å². The van der Waals surface area contributed by atoms with E-state index in [1.165, 1.54) is 0 Å². The smallest absolute Gasteiger partial charge is 0.0598 e. The van der Waals surface area contributed by atoms with Crippen molar-refractivity contribution in [2.45, 2.75) is 6.42 Å². The molecule has 0 spiro atoms. The fourth-order valence-corrected chi connectivity index (χ4v) is 1.80. The van der Waals surface area contributed by atoms with Gasteiger partial charge in [0.2, 0.25) is 0 Å². The van der Waals surface area contributed by atoms with Crippen LogP contribution in [0.3, 0.4) is 0 Å². The summed E-state index contributed by atoms with van der Waals surface area (Å²) in [6.07, 6.45) is 1.12. The molecule has 0 unspecified atom stereocenters. The molecular weight excluding hydrogens is 222 g/mol. The van der Waals surface area contributed by atoms with E-state index in [9.17, 15) is 0 Å². The summed E-state index contributed by atoms with van der Waals surface area (Å²) in [7, 11) is 6.21. The SMILES string of the molecule is CN(C)CCCN(C)c1ccc(Cl)cc1N. The Morgan fingerprint density at radius 3 is 2.44 bits per heavy atom. The molecule has 2 N–H and O–H groups in total. The van der Waals surface area contributed by atoms with Crippen LogP contribution in [0.1, 0.15) is 6.42 Å². The quantitative estimate of drug-likeness (QED) is 0.803. The zero-order chi connectivity index (χ0) is 12.1. The summed E-state index contributed by atoms with van der Waals surface area (Å²) >= 11 is 5.86. The van der Waals surface area contributed by atoms with E-state index in [0.29, 0.717) is 5.02 Å². The summed E-state index contributed by atoms with van der Waals surface area (Å²) < 4.78 is 0. The monoisotopic (exact) mass is 241 g/mol. The van der Waals surface area contributed by atoms with Gasteiger partial charge in [-0.3, -0.25) is 0 Å². The van der Waals surface area contributed by atoms with Crippen LogP contribution in [0.4, 0.5) is 11.4 Å². The maximum absolute atomic E-state index is 5.92. The molecule has 0 fully saturated rings. The molecular formula is C12H20ClN3. The Morgan fingerprint density at radius 1 is 1.19 bits per heavy atom. The van der Waals surface area contributed by atoms with Gasteiger partial charge < -0.3 is 15.5 Å². The molecule has 0 bridgehead atoms. The maximum atomic E-state index is 5.92. The van der Waals surface area contributed by atoms with E-state index in [-0.39, 0.29) is 0 Å². The zero-order valence-electron chi connectivity index (χ0n) is 10.2. The first-order valence-corrected chi connectivity index (χ1v) is 5.79. The van der Waals surface area contributed by atoms with Crippen molar-refractivity contribution in [3.8, 4) is 0 Å². The average molecular weight is 242 g/mol. The van der Waals surface area contributed by atoms with E-state index >= 15 is 0 Å². The largest absolute Gasteiger partial charge is 0.397 e. The van der Waals surface area contributed by atoms with Gasteiger partial charge in [-0.2, -0.15) is 0 Å². The van der Waals surface area contributed by atoms with Crippen molar-refractivity contribution >= 4 is 23.0 Å². The van der Waals surface area contributed by atoms with Crippen molar-refractivity contribution < 1.29 is 0 Å². The van der Waals surface area contributed by atoms with Gasteiger partial charge in [0, 0.05) is 18.6 Å². The lowest BCUT2D eigenvalue weighted by Crippen LogP contribution is -2.23. The van der Waals surface area contributed by atoms with Crippen LogP contribution in [0.25, 0.3) is 0 Å². The highest BCUT2D eigenvalue weighted by atomic mass is 35.5. The normalized spacial score (nSPS) is 10.8. The van der Waals surface area contributed by atoms with Gasteiger partial charge in [-0.25, -0.2) is 0 Å². The predicted molar refractivity (Wildman–Crippen MR) is 72.3 cm³/mol. The first kappa shape index (κ1) is 13.1. The lowest BCUT2D eigenvalue weighted by molar-refractivity contribution is 0.402. The number of nitrogens with zero attached hydrogens (tertiary/aromatic N) is 2. The number of hydrogen-bond acceptors (Lipinski definition) is 3. The fourth-order valence-electron chi connectivity index (χ4n) is 1.62. The number of halogens is 1. The molecule has 0 radical (unpaired) electrons. The van der Waals surface area contributed by atoms with Crippen LogP contribution in [0.5, 0.6) is 0 Å². The lowest BCUT2D eigenvalue weighted by Gasteiger charge is -2.22. The van der Waals surface area contributed by atoms with E-state index in [0.717, 1.165) is 30.9 Å². The summed E-state index contributed by atoms with van der Waals surface area (Å²) in [6.45, 7) is 2.07. The minimum Gasteiger partial charge on any atom is -0.397 e. The van der Waals surface area contributed by atoms with Crippen molar-refractivity contribution in [1.82, 2.24) is 4.90 Å². The summed E-state index contributed by atoms with van der Waals surface area (Å²) in [5.74, 6) is 0. The predicted octanol–water partition coefficient (Wildman–Crippen LogP) is 2.31. The first-order valence-electron chi connectivity index (χ1n) is 5.41. The van der Waals surface area contributed by atoms with Crippen molar-refractivity contribution in [2.24, 2.45) is 0 Å². The molecule has 0 saturated carbocycles. The van der Waals surface area contributed by atoms with Crippen LogP contribution in [0.2, 0.25) is 5.02 Å². The Balaban J connectivity index is 2.55. The molecule has 1 aromatic carbocycles. The molecule has 90 valence electrons. The van der Waals surface area contributed by atoms with Gasteiger partial charge in [-0.05, 0) is 45.3 Å². The molecule has 0 aliphatic rings. The van der Waals surface area contributed by atoms with Crippen LogP contribution in [0, 0.1) is 0 Å². The van der Waals surface area contributed by atoms with Gasteiger partial charge in [-0.15, -0.1) is 0 Å². The third-order valence-electron chi connectivity index (χ3n) is 2.50. The molecule has 0 aliphatic heterocycles. The number of rotatable bonds is 5. The van der Waals surface area contributed by atoms with Crippen LogP contribution in [0.15, 0.2) is 18.2 Å². The molecule has 0 atom stereocenters. The minimum absolute atomic E-state index is 0.683. The number of nitrogens with two attached hydrogens (primary N) is 1. The summed E-state index contributed by atoms with van der Waals surface area (Å²) in [5, 5.41) is 0.683. The topological polar surface area (TPSA) is 32.5 Å². The highest BCUT2D eigenvalue weighted by Crippen LogP contribution is 2.25. The Hall–Kier alpha value is -0.930. The lowest BCUT2D eigenvalue weighted by atomic mass is 10.2. The molecule has 3 nitrogen and oxygen atoms in total. The van der Waals surface area contributed by atoms with E-state index in [4.69, 9.17) is 17.3 Å². The summed E-state index contributed by atoms with van der Waals surface area (Å²) in [5.41, 5.74) is 7.70. The zero-order valence-corrected chi connectivity index (χ0v) is 11.0. The van der Waals surface area contributed by atoms with E-state index in [1.54, 1.807) is 6.07 Å².